The van der Waals surface area contributed by atoms with Crippen LogP contribution in [0.15, 0.2) is 58.5 Å². The van der Waals surface area contributed by atoms with Crippen molar-refractivity contribution in [3.05, 3.63) is 59.9 Å². The molecule has 2 aromatic carbocycles. The van der Waals surface area contributed by atoms with Gasteiger partial charge in [0.15, 0.2) is 0 Å². The molecule has 0 radical (unpaired) electrons. The Labute approximate surface area is 151 Å². The van der Waals surface area contributed by atoms with Gasteiger partial charge in [0.1, 0.15) is 11.6 Å². The van der Waals surface area contributed by atoms with E-state index in [1.165, 1.54) is 62.8 Å². The van der Waals surface area contributed by atoms with Crippen LogP contribution in [0, 0.1) is 5.82 Å². The molecule has 0 fully saturated rings. The minimum absolute atomic E-state index is 0.0388. The second-order valence-corrected chi connectivity index (χ2v) is 7.33. The fourth-order valence-corrected chi connectivity index (χ4v) is 3.14. The van der Waals surface area contributed by atoms with E-state index < -0.39 is 28.3 Å². The summed E-state index contributed by atoms with van der Waals surface area (Å²) < 4.78 is 43.8. The van der Waals surface area contributed by atoms with E-state index in [1.54, 1.807) is 6.07 Å². The molecule has 0 bridgehead atoms. The summed E-state index contributed by atoms with van der Waals surface area (Å²) in [6, 6.07) is 11.5. The summed E-state index contributed by atoms with van der Waals surface area (Å²) >= 11 is 0. The van der Waals surface area contributed by atoms with E-state index in [9.17, 15) is 17.6 Å². The van der Waals surface area contributed by atoms with E-state index in [0.717, 1.165) is 4.31 Å². The molecule has 0 atom stereocenters. The average molecular weight is 379 g/mol. The molecule has 2 aromatic rings. The lowest BCUT2D eigenvalue weighted by atomic mass is 10.2. The fourth-order valence-electron chi connectivity index (χ4n) is 2.02. The topological polar surface area (TPSA) is 88.1 Å². The second kappa shape index (κ2) is 8.54. The zero-order valence-electron chi connectivity index (χ0n) is 14.2. The molecular weight excluding hydrogens is 361 g/mol. The fraction of sp³-hybridized carbons (Fsp3) is 0.176. The van der Waals surface area contributed by atoms with Crippen molar-refractivity contribution in [1.29, 1.82) is 0 Å². The maximum absolute atomic E-state index is 13.0. The highest BCUT2D eigenvalue weighted by Gasteiger charge is 2.22. The maximum Gasteiger partial charge on any atom is 0.255 e. The summed E-state index contributed by atoms with van der Waals surface area (Å²) in [4.78, 5) is 11.9. The minimum atomic E-state index is -3.83. The number of benzene rings is 2. The summed E-state index contributed by atoms with van der Waals surface area (Å²) in [6.07, 6.45) is 1.26. The van der Waals surface area contributed by atoms with Gasteiger partial charge in [0.2, 0.25) is 10.0 Å². The van der Waals surface area contributed by atoms with E-state index in [0.29, 0.717) is 11.3 Å². The highest BCUT2D eigenvalue weighted by atomic mass is 32.2. The van der Waals surface area contributed by atoms with Crippen LogP contribution in [-0.2, 0) is 14.8 Å². The third-order valence-electron chi connectivity index (χ3n) is 3.39. The van der Waals surface area contributed by atoms with Gasteiger partial charge in [0.25, 0.3) is 5.91 Å². The molecule has 2 rings (SSSR count). The first-order valence-electron chi connectivity index (χ1n) is 7.51. The van der Waals surface area contributed by atoms with Crippen LogP contribution >= 0.6 is 0 Å². The third-order valence-corrected chi connectivity index (χ3v) is 5.20. The normalized spacial score (nSPS) is 11.7. The number of likely N-dealkylation sites (N-methyl/N-ethyl adjacent to an activating group) is 1. The summed E-state index contributed by atoms with van der Waals surface area (Å²) in [5.41, 5.74) is 2.67. The van der Waals surface area contributed by atoms with Crippen molar-refractivity contribution in [2.75, 3.05) is 20.7 Å². The number of hydrogen-bond donors (Lipinski definition) is 1. The molecule has 0 heterocycles. The molecule has 0 aliphatic rings. The van der Waals surface area contributed by atoms with Gasteiger partial charge >= 0.3 is 0 Å². The van der Waals surface area contributed by atoms with Gasteiger partial charge in [0, 0.05) is 7.05 Å². The van der Waals surface area contributed by atoms with E-state index >= 15 is 0 Å². The molecule has 0 aromatic heterocycles. The first-order chi connectivity index (χ1) is 12.3. The number of rotatable bonds is 7. The van der Waals surface area contributed by atoms with Crippen molar-refractivity contribution in [2.24, 2.45) is 5.10 Å². The molecule has 0 saturated carbocycles. The van der Waals surface area contributed by atoms with Gasteiger partial charge < -0.3 is 4.74 Å². The number of halogens is 1. The number of carbonyl (C=O) groups excluding carboxylic acids is 1. The monoisotopic (exact) mass is 379 g/mol. The standard InChI is InChI=1S/C17H18FN3O4S/c1-21(26(23,24)16-8-6-15(25-2)7-9-16)12-17(22)20-19-11-13-4-3-5-14(18)10-13/h3-11H,12H2,1-2H3,(H,20,22)/b19-11-. The quantitative estimate of drug-likeness (QED) is 0.585. The minimum Gasteiger partial charge on any atom is -0.497 e. The zero-order valence-corrected chi connectivity index (χ0v) is 15.0. The molecule has 0 saturated heterocycles. The van der Waals surface area contributed by atoms with E-state index in [-0.39, 0.29) is 4.90 Å². The Morgan fingerprint density at radius 3 is 2.58 bits per heavy atom. The number of amides is 1. The van der Waals surface area contributed by atoms with E-state index in [1.807, 2.05) is 0 Å². The van der Waals surface area contributed by atoms with Gasteiger partial charge in [-0.25, -0.2) is 18.2 Å². The first kappa shape index (κ1) is 19.5. The SMILES string of the molecule is COc1ccc(S(=O)(=O)N(C)CC(=O)N/N=C\c2cccc(F)c2)cc1. The third kappa shape index (κ3) is 5.11. The van der Waals surface area contributed by atoms with Crippen molar-refractivity contribution < 1.29 is 22.3 Å². The van der Waals surface area contributed by atoms with Crippen molar-refractivity contribution in [2.45, 2.75) is 4.90 Å². The molecular formula is C17H18FN3O4S. The zero-order chi connectivity index (χ0) is 19.2. The number of nitrogens with zero attached hydrogens (tertiary/aromatic N) is 2. The Kier molecular flexibility index (Phi) is 6.42. The Hall–Kier alpha value is -2.78. The summed E-state index contributed by atoms with van der Waals surface area (Å²) in [5, 5.41) is 3.68. The molecule has 9 heteroatoms. The summed E-state index contributed by atoms with van der Waals surface area (Å²) in [5.74, 6) is -0.529. The maximum atomic E-state index is 13.0. The van der Waals surface area contributed by atoms with E-state index in [4.69, 9.17) is 4.74 Å². The molecule has 1 N–H and O–H groups in total. The smallest absolute Gasteiger partial charge is 0.255 e. The van der Waals surface area contributed by atoms with Crippen LogP contribution in [0.3, 0.4) is 0 Å². The number of carbonyl (C=O) groups is 1. The van der Waals surface area contributed by atoms with Crippen LogP contribution in [0.2, 0.25) is 0 Å². The summed E-state index contributed by atoms with van der Waals surface area (Å²) in [7, 11) is -1.06. The first-order valence-corrected chi connectivity index (χ1v) is 8.95. The molecule has 0 aliphatic heterocycles. The molecule has 7 nitrogen and oxygen atoms in total. The van der Waals surface area contributed by atoms with Gasteiger partial charge in [0.05, 0.1) is 24.8 Å². The van der Waals surface area contributed by atoms with Gasteiger partial charge in [-0.05, 0) is 42.0 Å². The van der Waals surface area contributed by atoms with Gasteiger partial charge in [-0.1, -0.05) is 12.1 Å². The predicted octanol–water partition coefficient (Wildman–Crippen LogP) is 1.61. The number of ether oxygens (including phenoxy) is 1. The summed E-state index contributed by atoms with van der Waals surface area (Å²) in [6.45, 7) is -0.422. The Morgan fingerprint density at radius 2 is 1.96 bits per heavy atom. The van der Waals surface area contributed by atoms with Crippen LogP contribution in [-0.4, -0.2) is 45.5 Å². The van der Waals surface area contributed by atoms with Crippen LogP contribution in [0.5, 0.6) is 5.75 Å². The van der Waals surface area contributed by atoms with Gasteiger partial charge in [-0.15, -0.1) is 0 Å². The van der Waals surface area contributed by atoms with E-state index in [2.05, 4.69) is 10.5 Å². The number of hydrogen-bond acceptors (Lipinski definition) is 5. The Morgan fingerprint density at radius 1 is 1.27 bits per heavy atom. The highest BCUT2D eigenvalue weighted by Crippen LogP contribution is 2.18. The highest BCUT2D eigenvalue weighted by molar-refractivity contribution is 7.89. The van der Waals surface area contributed by atoms with Crippen LogP contribution in [0.25, 0.3) is 0 Å². The van der Waals surface area contributed by atoms with Gasteiger partial charge in [-0.3, -0.25) is 4.79 Å². The van der Waals surface area contributed by atoms with Gasteiger partial charge in [-0.2, -0.15) is 9.41 Å². The van der Waals surface area contributed by atoms with Crippen LogP contribution in [0.1, 0.15) is 5.56 Å². The van der Waals surface area contributed by atoms with Crippen molar-refractivity contribution >= 4 is 22.1 Å². The molecule has 1 amide bonds. The van der Waals surface area contributed by atoms with Crippen molar-refractivity contribution in [3.63, 3.8) is 0 Å². The predicted molar refractivity (Wildman–Crippen MR) is 94.9 cm³/mol. The number of sulfonamides is 1. The second-order valence-electron chi connectivity index (χ2n) is 5.28. The molecule has 0 spiro atoms. The average Bonchev–Trinajstić information content (AvgIpc) is 2.61. The van der Waals surface area contributed by atoms with Crippen LogP contribution in [0.4, 0.5) is 4.39 Å². The molecule has 138 valence electrons. The largest absolute Gasteiger partial charge is 0.497 e. The number of hydrazone groups is 1. The lowest BCUT2D eigenvalue weighted by Gasteiger charge is -2.16. The Balaban J connectivity index is 1.96. The lowest BCUT2D eigenvalue weighted by molar-refractivity contribution is -0.121. The number of methoxy groups -OCH3 is 1. The number of nitrogens with one attached hydrogen (secondary N) is 1. The molecule has 0 unspecified atom stereocenters. The lowest BCUT2D eigenvalue weighted by Crippen LogP contribution is -2.36. The van der Waals surface area contributed by atoms with Crippen molar-refractivity contribution in [3.8, 4) is 5.75 Å². The van der Waals surface area contributed by atoms with Crippen molar-refractivity contribution in [1.82, 2.24) is 9.73 Å². The molecule has 0 aliphatic carbocycles. The van der Waals surface area contributed by atoms with Crippen LogP contribution < -0.4 is 10.2 Å². The Bertz CT molecular complexity index is 898. The molecule has 26 heavy (non-hydrogen) atoms.